The SMILES string of the molecule is N[C@H](CCCO)c1c(O)cccc1F. The van der Waals surface area contributed by atoms with Gasteiger partial charge in [-0.15, -0.1) is 0 Å². The summed E-state index contributed by atoms with van der Waals surface area (Å²) in [5.41, 5.74) is 5.80. The number of phenolic OH excluding ortho intramolecular Hbond substituents is 1. The molecule has 1 aromatic rings. The molecule has 0 radical (unpaired) electrons. The second-order valence-corrected chi connectivity index (χ2v) is 3.14. The summed E-state index contributed by atoms with van der Waals surface area (Å²) in [6, 6.07) is 3.52. The number of nitrogens with two attached hydrogens (primary N) is 1. The van der Waals surface area contributed by atoms with Crippen LogP contribution in [0.2, 0.25) is 0 Å². The number of rotatable bonds is 4. The molecule has 78 valence electrons. The van der Waals surface area contributed by atoms with E-state index in [9.17, 15) is 9.50 Å². The van der Waals surface area contributed by atoms with E-state index in [-0.39, 0.29) is 17.9 Å². The Morgan fingerprint density at radius 1 is 1.43 bits per heavy atom. The number of aliphatic hydroxyl groups is 1. The minimum Gasteiger partial charge on any atom is -0.508 e. The van der Waals surface area contributed by atoms with Crippen LogP contribution in [0.3, 0.4) is 0 Å². The quantitative estimate of drug-likeness (QED) is 0.684. The maximum absolute atomic E-state index is 13.2. The lowest BCUT2D eigenvalue weighted by Crippen LogP contribution is -2.12. The van der Waals surface area contributed by atoms with Gasteiger partial charge in [-0.05, 0) is 25.0 Å². The lowest BCUT2D eigenvalue weighted by molar-refractivity contribution is 0.278. The molecule has 0 aromatic heterocycles. The molecule has 4 heteroatoms. The lowest BCUT2D eigenvalue weighted by Gasteiger charge is -2.13. The van der Waals surface area contributed by atoms with Crippen LogP contribution < -0.4 is 5.73 Å². The summed E-state index contributed by atoms with van der Waals surface area (Å²) in [6.07, 6.45) is 0.944. The van der Waals surface area contributed by atoms with Crippen molar-refractivity contribution in [3.05, 3.63) is 29.6 Å². The first kappa shape index (κ1) is 10.9. The molecule has 0 amide bonds. The highest BCUT2D eigenvalue weighted by Crippen LogP contribution is 2.27. The Morgan fingerprint density at radius 2 is 2.14 bits per heavy atom. The van der Waals surface area contributed by atoms with Gasteiger partial charge in [0.25, 0.3) is 0 Å². The van der Waals surface area contributed by atoms with Gasteiger partial charge >= 0.3 is 0 Å². The van der Waals surface area contributed by atoms with E-state index in [0.717, 1.165) is 0 Å². The maximum Gasteiger partial charge on any atom is 0.131 e. The Bertz CT molecular complexity index is 284. The average molecular weight is 199 g/mol. The van der Waals surface area contributed by atoms with Crippen LogP contribution in [0.4, 0.5) is 4.39 Å². The van der Waals surface area contributed by atoms with E-state index >= 15 is 0 Å². The third-order valence-corrected chi connectivity index (χ3v) is 2.07. The first-order valence-electron chi connectivity index (χ1n) is 4.50. The predicted molar refractivity (Wildman–Crippen MR) is 51.3 cm³/mol. The highest BCUT2D eigenvalue weighted by atomic mass is 19.1. The second-order valence-electron chi connectivity index (χ2n) is 3.14. The van der Waals surface area contributed by atoms with Crippen LogP contribution in [0, 0.1) is 5.82 Å². The smallest absolute Gasteiger partial charge is 0.131 e. The van der Waals surface area contributed by atoms with E-state index in [4.69, 9.17) is 10.8 Å². The molecule has 0 bridgehead atoms. The summed E-state index contributed by atoms with van der Waals surface area (Å²) in [5.74, 6) is -0.633. The molecule has 0 fully saturated rings. The minimum atomic E-state index is -0.566. The Balaban J connectivity index is 2.82. The van der Waals surface area contributed by atoms with Crippen molar-refractivity contribution in [2.24, 2.45) is 5.73 Å². The van der Waals surface area contributed by atoms with Crippen LogP contribution in [0.1, 0.15) is 24.4 Å². The summed E-state index contributed by atoms with van der Waals surface area (Å²) in [5, 5.41) is 18.0. The molecule has 4 N–H and O–H groups in total. The van der Waals surface area contributed by atoms with E-state index in [0.29, 0.717) is 12.8 Å². The van der Waals surface area contributed by atoms with E-state index in [1.807, 2.05) is 0 Å². The fraction of sp³-hybridized carbons (Fsp3) is 0.400. The Labute approximate surface area is 82.0 Å². The maximum atomic E-state index is 13.2. The molecule has 3 nitrogen and oxygen atoms in total. The number of aliphatic hydroxyl groups excluding tert-OH is 1. The number of halogens is 1. The normalized spacial score (nSPS) is 12.8. The van der Waals surface area contributed by atoms with Gasteiger partial charge in [0.2, 0.25) is 0 Å². The van der Waals surface area contributed by atoms with E-state index in [1.165, 1.54) is 18.2 Å². The molecule has 0 aliphatic carbocycles. The highest BCUT2D eigenvalue weighted by molar-refractivity contribution is 5.35. The molecule has 0 aliphatic rings. The van der Waals surface area contributed by atoms with Crippen LogP contribution in [-0.4, -0.2) is 16.8 Å². The molecule has 0 heterocycles. The zero-order chi connectivity index (χ0) is 10.6. The average Bonchev–Trinajstić information content (AvgIpc) is 2.14. The van der Waals surface area contributed by atoms with Crippen molar-refractivity contribution >= 4 is 0 Å². The summed E-state index contributed by atoms with van der Waals surface area (Å²) in [4.78, 5) is 0. The summed E-state index contributed by atoms with van der Waals surface area (Å²) in [7, 11) is 0. The van der Waals surface area contributed by atoms with Gasteiger partial charge in [0.1, 0.15) is 11.6 Å². The molecular formula is C10H14FNO2. The Morgan fingerprint density at radius 3 is 2.71 bits per heavy atom. The first-order chi connectivity index (χ1) is 6.66. The lowest BCUT2D eigenvalue weighted by atomic mass is 10.0. The van der Waals surface area contributed by atoms with Crippen LogP contribution in [0.15, 0.2) is 18.2 Å². The number of benzene rings is 1. The minimum absolute atomic E-state index is 0.0168. The van der Waals surface area contributed by atoms with Crippen LogP contribution in [0.5, 0.6) is 5.75 Å². The zero-order valence-electron chi connectivity index (χ0n) is 7.78. The summed E-state index contributed by atoms with van der Waals surface area (Å²) < 4.78 is 13.2. The van der Waals surface area contributed by atoms with Gasteiger partial charge in [0, 0.05) is 18.2 Å². The molecule has 1 atom stereocenters. The molecule has 0 aliphatic heterocycles. The van der Waals surface area contributed by atoms with Gasteiger partial charge < -0.3 is 15.9 Å². The predicted octanol–water partition coefficient (Wildman–Crippen LogP) is 1.30. The van der Waals surface area contributed by atoms with Gasteiger partial charge in [0.15, 0.2) is 0 Å². The fourth-order valence-corrected chi connectivity index (χ4v) is 1.35. The third kappa shape index (κ3) is 2.43. The number of hydrogen-bond donors (Lipinski definition) is 3. The van der Waals surface area contributed by atoms with Crippen molar-refractivity contribution in [1.82, 2.24) is 0 Å². The van der Waals surface area contributed by atoms with Gasteiger partial charge in [-0.25, -0.2) is 4.39 Å². The monoisotopic (exact) mass is 199 g/mol. The third-order valence-electron chi connectivity index (χ3n) is 2.07. The number of hydrogen-bond acceptors (Lipinski definition) is 3. The molecule has 1 rings (SSSR count). The Kier molecular flexibility index (Phi) is 3.85. The van der Waals surface area contributed by atoms with Crippen molar-refractivity contribution in [2.45, 2.75) is 18.9 Å². The second kappa shape index (κ2) is 4.93. The fourth-order valence-electron chi connectivity index (χ4n) is 1.35. The van der Waals surface area contributed by atoms with E-state index in [2.05, 4.69) is 0 Å². The molecule has 1 aromatic carbocycles. The largest absolute Gasteiger partial charge is 0.508 e. The van der Waals surface area contributed by atoms with Crippen molar-refractivity contribution in [3.8, 4) is 5.75 Å². The van der Waals surface area contributed by atoms with Crippen LogP contribution in [-0.2, 0) is 0 Å². The van der Waals surface area contributed by atoms with Gasteiger partial charge in [-0.2, -0.15) is 0 Å². The van der Waals surface area contributed by atoms with Crippen molar-refractivity contribution in [3.63, 3.8) is 0 Å². The zero-order valence-corrected chi connectivity index (χ0v) is 7.78. The molecular weight excluding hydrogens is 185 g/mol. The van der Waals surface area contributed by atoms with Crippen molar-refractivity contribution < 1.29 is 14.6 Å². The van der Waals surface area contributed by atoms with Gasteiger partial charge in [-0.3, -0.25) is 0 Å². The summed E-state index contributed by atoms with van der Waals surface area (Å²) in [6.45, 7) is 0.0168. The first-order valence-corrected chi connectivity index (χ1v) is 4.50. The Hall–Kier alpha value is -1.13. The standard InChI is InChI=1S/C10H14FNO2/c11-7-3-1-5-9(14)10(7)8(12)4-2-6-13/h1,3,5,8,13-14H,2,4,6,12H2/t8-/m1/s1. The van der Waals surface area contributed by atoms with Crippen molar-refractivity contribution in [1.29, 1.82) is 0 Å². The van der Waals surface area contributed by atoms with Crippen molar-refractivity contribution in [2.75, 3.05) is 6.61 Å². The van der Waals surface area contributed by atoms with E-state index < -0.39 is 11.9 Å². The van der Waals surface area contributed by atoms with Gasteiger partial charge in [0.05, 0.1) is 0 Å². The highest BCUT2D eigenvalue weighted by Gasteiger charge is 2.14. The molecule has 0 saturated carbocycles. The number of phenols is 1. The van der Waals surface area contributed by atoms with Gasteiger partial charge in [-0.1, -0.05) is 6.07 Å². The van der Waals surface area contributed by atoms with Crippen LogP contribution >= 0.6 is 0 Å². The number of aromatic hydroxyl groups is 1. The summed E-state index contributed by atoms with van der Waals surface area (Å²) >= 11 is 0. The molecule has 14 heavy (non-hydrogen) atoms. The van der Waals surface area contributed by atoms with Crippen LogP contribution in [0.25, 0.3) is 0 Å². The topological polar surface area (TPSA) is 66.5 Å². The molecule has 0 spiro atoms. The molecule has 0 unspecified atom stereocenters. The molecule has 0 saturated heterocycles. The van der Waals surface area contributed by atoms with E-state index in [1.54, 1.807) is 0 Å².